The highest BCUT2D eigenvalue weighted by Gasteiger charge is 2.41. The van der Waals surface area contributed by atoms with Gasteiger partial charge in [-0.1, -0.05) is 29.8 Å². The second-order valence-corrected chi connectivity index (χ2v) is 11.6. The van der Waals surface area contributed by atoms with Gasteiger partial charge >= 0.3 is 0 Å². The number of fused-ring (bicyclic) bond motifs is 3. The molecule has 0 amide bonds. The fourth-order valence-electron chi connectivity index (χ4n) is 4.77. The molecule has 150 valence electrons. The number of thiophene rings is 1. The van der Waals surface area contributed by atoms with Gasteiger partial charge in [0, 0.05) is 17.8 Å². The molecule has 2 aromatic heterocycles. The van der Waals surface area contributed by atoms with Crippen LogP contribution >= 0.6 is 22.9 Å². The molecule has 5 rings (SSSR count). The molecule has 1 saturated carbocycles. The average molecular weight is 445 g/mol. The van der Waals surface area contributed by atoms with E-state index < -0.39 is 10.0 Å². The third kappa shape index (κ3) is 3.75. The predicted molar refractivity (Wildman–Crippen MR) is 117 cm³/mol. The Morgan fingerprint density at radius 2 is 1.79 bits per heavy atom. The monoisotopic (exact) mass is 444 g/mol. The smallest absolute Gasteiger partial charge is 0.250 e. The van der Waals surface area contributed by atoms with Crippen molar-refractivity contribution in [2.24, 2.45) is 11.8 Å². The van der Waals surface area contributed by atoms with E-state index in [2.05, 4.69) is 27.9 Å². The van der Waals surface area contributed by atoms with E-state index in [9.17, 15) is 8.42 Å². The van der Waals surface area contributed by atoms with Crippen LogP contribution < -0.4 is 4.72 Å². The van der Waals surface area contributed by atoms with Crippen molar-refractivity contribution in [3.8, 4) is 11.3 Å². The molecule has 1 aromatic carbocycles. The third-order valence-electron chi connectivity index (χ3n) is 6.16. The molecule has 4 nitrogen and oxygen atoms in total. The summed E-state index contributed by atoms with van der Waals surface area (Å²) in [6.45, 7) is 0. The lowest BCUT2D eigenvalue weighted by atomic mass is 9.91. The van der Waals surface area contributed by atoms with Crippen LogP contribution in [0, 0.1) is 11.8 Å². The van der Waals surface area contributed by atoms with Gasteiger partial charge in [0.25, 0.3) is 0 Å². The molecule has 2 heterocycles. The third-order valence-corrected chi connectivity index (χ3v) is 9.34. The summed E-state index contributed by atoms with van der Waals surface area (Å²) in [5.41, 5.74) is 4.74. The second-order valence-electron chi connectivity index (χ2n) is 7.91. The van der Waals surface area contributed by atoms with Crippen LogP contribution in [-0.4, -0.2) is 19.4 Å². The molecule has 7 heteroatoms. The van der Waals surface area contributed by atoms with E-state index in [-0.39, 0.29) is 6.04 Å². The van der Waals surface area contributed by atoms with Crippen molar-refractivity contribution >= 4 is 33.0 Å². The minimum absolute atomic E-state index is 0.0356. The highest BCUT2D eigenvalue weighted by atomic mass is 35.5. The van der Waals surface area contributed by atoms with Gasteiger partial charge in [0.2, 0.25) is 10.0 Å². The van der Waals surface area contributed by atoms with Gasteiger partial charge in [-0.2, -0.15) is 0 Å². The van der Waals surface area contributed by atoms with Crippen LogP contribution in [0.2, 0.25) is 4.34 Å². The SMILES string of the molecule is O=S(=O)(NC1C2CCC1Cc1cc(-c3ccccn3)ccc1C2)c1ccc(Cl)s1. The lowest BCUT2D eigenvalue weighted by Gasteiger charge is -2.23. The molecule has 0 saturated heterocycles. The average Bonchev–Trinajstić information content (AvgIpc) is 3.26. The van der Waals surface area contributed by atoms with Gasteiger partial charge in [-0.3, -0.25) is 4.98 Å². The van der Waals surface area contributed by atoms with Gasteiger partial charge < -0.3 is 0 Å². The summed E-state index contributed by atoms with van der Waals surface area (Å²) in [5.74, 6) is 0.637. The number of aromatic nitrogens is 1. The summed E-state index contributed by atoms with van der Waals surface area (Å²) in [7, 11) is -3.55. The van der Waals surface area contributed by atoms with Gasteiger partial charge in [0.05, 0.1) is 10.0 Å². The van der Waals surface area contributed by atoms with Crippen LogP contribution in [-0.2, 0) is 22.9 Å². The Kier molecular flexibility index (Phi) is 4.98. The van der Waals surface area contributed by atoms with Crippen molar-refractivity contribution in [3.05, 3.63) is 70.2 Å². The maximum absolute atomic E-state index is 12.9. The second kappa shape index (κ2) is 7.51. The van der Waals surface area contributed by atoms with Crippen molar-refractivity contribution in [1.82, 2.24) is 9.71 Å². The van der Waals surface area contributed by atoms with Crippen molar-refractivity contribution in [1.29, 1.82) is 0 Å². The molecule has 29 heavy (non-hydrogen) atoms. The minimum Gasteiger partial charge on any atom is -0.256 e. The maximum atomic E-state index is 12.9. The first-order chi connectivity index (χ1) is 14.0. The van der Waals surface area contributed by atoms with E-state index in [0.29, 0.717) is 20.4 Å². The molecule has 0 spiro atoms. The summed E-state index contributed by atoms with van der Waals surface area (Å²) < 4.78 is 29.6. The number of hydrogen-bond donors (Lipinski definition) is 1. The van der Waals surface area contributed by atoms with Crippen LogP contribution in [0.4, 0.5) is 0 Å². The molecule has 2 bridgehead atoms. The Morgan fingerprint density at radius 3 is 2.48 bits per heavy atom. The molecular weight excluding hydrogens is 424 g/mol. The highest BCUT2D eigenvalue weighted by molar-refractivity contribution is 7.91. The van der Waals surface area contributed by atoms with Crippen molar-refractivity contribution in [3.63, 3.8) is 0 Å². The van der Waals surface area contributed by atoms with Crippen LogP contribution in [0.3, 0.4) is 0 Å². The number of benzene rings is 1. The first-order valence-electron chi connectivity index (χ1n) is 9.80. The fraction of sp³-hybridized carbons (Fsp3) is 0.318. The van der Waals surface area contributed by atoms with Crippen molar-refractivity contribution in [2.45, 2.75) is 35.9 Å². The van der Waals surface area contributed by atoms with Crippen molar-refractivity contribution in [2.75, 3.05) is 0 Å². The van der Waals surface area contributed by atoms with Crippen LogP contribution in [0.15, 0.2) is 58.9 Å². The molecule has 3 unspecified atom stereocenters. The molecule has 3 atom stereocenters. The van der Waals surface area contributed by atoms with Gasteiger partial charge in [0.1, 0.15) is 4.21 Å². The van der Waals surface area contributed by atoms with E-state index in [0.717, 1.165) is 48.3 Å². The largest absolute Gasteiger partial charge is 0.256 e. The van der Waals surface area contributed by atoms with E-state index in [1.54, 1.807) is 12.1 Å². The maximum Gasteiger partial charge on any atom is 0.250 e. The Bertz CT molecular complexity index is 1140. The number of nitrogens with zero attached hydrogens (tertiary/aromatic N) is 1. The van der Waals surface area contributed by atoms with Crippen LogP contribution in [0.25, 0.3) is 11.3 Å². The first kappa shape index (κ1) is 19.2. The summed E-state index contributed by atoms with van der Waals surface area (Å²) in [6.07, 6.45) is 5.73. The number of halogens is 1. The predicted octanol–water partition coefficient (Wildman–Crippen LogP) is 4.94. The van der Waals surface area contributed by atoms with Crippen molar-refractivity contribution < 1.29 is 8.42 Å². The first-order valence-corrected chi connectivity index (χ1v) is 12.5. The molecule has 2 aliphatic rings. The molecular formula is C22H21ClN2O2S2. The van der Waals surface area contributed by atoms with E-state index in [1.165, 1.54) is 11.1 Å². The van der Waals surface area contributed by atoms with E-state index >= 15 is 0 Å². The normalized spacial score (nSPS) is 23.6. The zero-order valence-electron chi connectivity index (χ0n) is 15.7. The number of pyridine rings is 1. The molecule has 0 radical (unpaired) electrons. The standard InChI is InChI=1S/C22H21ClN2O2S2/c23-20-8-9-21(28-20)29(26,27)25-22-16-6-7-17(22)13-18-12-15(5-4-14(18)11-16)19-3-1-2-10-24-19/h1-5,8-10,12,16-17,22,25H,6-7,11,13H2. The molecule has 3 aromatic rings. The van der Waals surface area contributed by atoms with Gasteiger partial charge in [0.15, 0.2) is 0 Å². The summed E-state index contributed by atoms with van der Waals surface area (Å²) in [4.78, 5) is 4.47. The topological polar surface area (TPSA) is 59.1 Å². The number of hydrogen-bond acceptors (Lipinski definition) is 4. The quantitative estimate of drug-likeness (QED) is 0.620. The summed E-state index contributed by atoms with van der Waals surface area (Å²) in [5, 5.41) is 0. The van der Waals surface area contributed by atoms with Gasteiger partial charge in [-0.05, 0) is 79.0 Å². The summed E-state index contributed by atoms with van der Waals surface area (Å²) >= 11 is 7.06. The number of sulfonamides is 1. The van der Waals surface area contributed by atoms with Gasteiger partial charge in [-0.25, -0.2) is 13.1 Å². The van der Waals surface area contributed by atoms with Crippen LogP contribution in [0.5, 0.6) is 0 Å². The molecule has 0 aliphatic heterocycles. The number of nitrogens with one attached hydrogen (secondary N) is 1. The highest BCUT2D eigenvalue weighted by Crippen LogP contribution is 2.41. The molecule has 2 aliphatic carbocycles. The molecule has 1 fully saturated rings. The Balaban J connectivity index is 1.42. The number of rotatable bonds is 4. The lowest BCUT2D eigenvalue weighted by Crippen LogP contribution is -2.41. The molecule has 1 N–H and O–H groups in total. The van der Waals surface area contributed by atoms with E-state index in [4.69, 9.17) is 11.6 Å². The van der Waals surface area contributed by atoms with Crippen LogP contribution in [0.1, 0.15) is 24.0 Å². The summed E-state index contributed by atoms with van der Waals surface area (Å²) in [6, 6.07) is 15.7. The Hall–Kier alpha value is -1.73. The Labute approximate surface area is 180 Å². The zero-order chi connectivity index (χ0) is 20.0. The Morgan fingerprint density at radius 1 is 1.00 bits per heavy atom. The van der Waals surface area contributed by atoms with E-state index in [1.807, 2.05) is 24.4 Å². The lowest BCUT2D eigenvalue weighted by molar-refractivity contribution is 0.386. The van der Waals surface area contributed by atoms with Gasteiger partial charge in [-0.15, -0.1) is 11.3 Å². The zero-order valence-corrected chi connectivity index (χ0v) is 18.1. The fourth-order valence-corrected chi connectivity index (χ4v) is 7.65. The minimum atomic E-state index is -3.55.